The minimum atomic E-state index is -0.233. The van der Waals surface area contributed by atoms with E-state index in [4.69, 9.17) is 9.47 Å². The van der Waals surface area contributed by atoms with E-state index >= 15 is 0 Å². The van der Waals surface area contributed by atoms with Crippen molar-refractivity contribution in [3.05, 3.63) is 48.3 Å². The number of piperazine rings is 1. The van der Waals surface area contributed by atoms with Crippen LogP contribution < -0.4 is 19.7 Å². The summed E-state index contributed by atoms with van der Waals surface area (Å²) in [5.41, 5.74) is 1.62. The Hall–Kier alpha value is -2.80. The Morgan fingerprint density at radius 2 is 1.69 bits per heavy atom. The lowest BCUT2D eigenvalue weighted by molar-refractivity contribution is -0.117. The second-order valence-electron chi connectivity index (χ2n) is 6.81. The lowest BCUT2D eigenvalue weighted by Crippen LogP contribution is -2.48. The quantitative estimate of drug-likeness (QED) is 0.735. The standard InChI is InChI=1S/C22H28FN3O3/c1-3-28-19-9-10-21(29-4-2)20(15-19)24-22(27)16-25-11-13-26(14-12-25)18-7-5-17(23)6-8-18/h5-10,15H,3-4,11-14,16H2,1-2H3,(H,24,27). The summed E-state index contributed by atoms with van der Waals surface area (Å²) in [6, 6.07) is 12.0. The number of hydrogen-bond donors (Lipinski definition) is 1. The average molecular weight is 401 g/mol. The molecule has 0 radical (unpaired) electrons. The van der Waals surface area contributed by atoms with Crippen LogP contribution in [0.4, 0.5) is 15.8 Å². The van der Waals surface area contributed by atoms with Crippen molar-refractivity contribution in [2.75, 3.05) is 56.2 Å². The van der Waals surface area contributed by atoms with Crippen molar-refractivity contribution >= 4 is 17.3 Å². The van der Waals surface area contributed by atoms with Gasteiger partial charge in [-0.25, -0.2) is 4.39 Å². The molecule has 0 atom stereocenters. The fourth-order valence-corrected chi connectivity index (χ4v) is 3.35. The van der Waals surface area contributed by atoms with Gasteiger partial charge in [-0.1, -0.05) is 0 Å². The molecule has 0 aliphatic carbocycles. The van der Waals surface area contributed by atoms with Crippen LogP contribution in [0.15, 0.2) is 42.5 Å². The van der Waals surface area contributed by atoms with E-state index in [0.29, 0.717) is 36.9 Å². The predicted molar refractivity (Wildman–Crippen MR) is 112 cm³/mol. The van der Waals surface area contributed by atoms with Crippen molar-refractivity contribution in [2.24, 2.45) is 0 Å². The normalized spacial score (nSPS) is 14.5. The molecule has 0 aromatic heterocycles. The molecule has 2 aromatic carbocycles. The van der Waals surface area contributed by atoms with Gasteiger partial charge in [0.2, 0.25) is 5.91 Å². The maximum absolute atomic E-state index is 13.1. The minimum absolute atomic E-state index is 0.0881. The lowest BCUT2D eigenvalue weighted by Gasteiger charge is -2.35. The second-order valence-corrected chi connectivity index (χ2v) is 6.81. The lowest BCUT2D eigenvalue weighted by atomic mass is 10.2. The number of rotatable bonds is 8. The van der Waals surface area contributed by atoms with Crippen LogP contribution in [0.2, 0.25) is 0 Å². The first-order valence-corrected chi connectivity index (χ1v) is 10.0. The molecule has 1 N–H and O–H groups in total. The SMILES string of the molecule is CCOc1ccc(OCC)c(NC(=O)CN2CCN(c3ccc(F)cc3)CC2)c1. The summed E-state index contributed by atoms with van der Waals surface area (Å²) >= 11 is 0. The predicted octanol–water partition coefficient (Wildman–Crippen LogP) is 3.38. The van der Waals surface area contributed by atoms with Gasteiger partial charge in [-0.15, -0.1) is 0 Å². The molecular weight excluding hydrogens is 373 g/mol. The molecule has 0 unspecified atom stereocenters. The molecule has 156 valence electrons. The van der Waals surface area contributed by atoms with Crippen LogP contribution in [0.1, 0.15) is 13.8 Å². The number of hydrogen-bond acceptors (Lipinski definition) is 5. The van der Waals surface area contributed by atoms with Crippen LogP contribution in [-0.2, 0) is 4.79 Å². The molecule has 1 saturated heterocycles. The first-order valence-electron chi connectivity index (χ1n) is 10.0. The number of benzene rings is 2. The van der Waals surface area contributed by atoms with Crippen LogP contribution in [0.25, 0.3) is 0 Å². The summed E-state index contributed by atoms with van der Waals surface area (Å²) in [5, 5.41) is 2.95. The Balaban J connectivity index is 1.54. The molecule has 1 fully saturated rings. The van der Waals surface area contributed by atoms with Crippen molar-refractivity contribution in [2.45, 2.75) is 13.8 Å². The third-order valence-corrected chi connectivity index (χ3v) is 4.77. The highest BCUT2D eigenvalue weighted by Gasteiger charge is 2.20. The number of carbonyl (C=O) groups is 1. The van der Waals surface area contributed by atoms with E-state index in [0.717, 1.165) is 31.9 Å². The van der Waals surface area contributed by atoms with E-state index in [1.54, 1.807) is 18.2 Å². The third kappa shape index (κ3) is 5.84. The topological polar surface area (TPSA) is 54.0 Å². The summed E-state index contributed by atoms with van der Waals surface area (Å²) in [6.45, 7) is 8.32. The van der Waals surface area contributed by atoms with E-state index in [9.17, 15) is 9.18 Å². The molecule has 1 amide bonds. The molecule has 6 nitrogen and oxygen atoms in total. The van der Waals surface area contributed by atoms with Gasteiger partial charge in [-0.05, 0) is 50.2 Å². The van der Waals surface area contributed by atoms with Crippen molar-refractivity contribution < 1.29 is 18.7 Å². The zero-order valence-electron chi connectivity index (χ0n) is 17.0. The molecular formula is C22H28FN3O3. The fourth-order valence-electron chi connectivity index (χ4n) is 3.35. The number of halogens is 1. The first-order chi connectivity index (χ1) is 14.1. The molecule has 0 saturated carbocycles. The molecule has 2 aromatic rings. The smallest absolute Gasteiger partial charge is 0.238 e. The largest absolute Gasteiger partial charge is 0.494 e. The Labute approximate surface area is 171 Å². The maximum Gasteiger partial charge on any atom is 0.238 e. The Morgan fingerprint density at radius 3 is 2.34 bits per heavy atom. The number of amides is 1. The van der Waals surface area contributed by atoms with Crippen LogP contribution in [-0.4, -0.2) is 56.7 Å². The summed E-state index contributed by atoms with van der Waals surface area (Å²) in [7, 11) is 0. The molecule has 0 spiro atoms. The number of nitrogens with one attached hydrogen (secondary N) is 1. The summed E-state index contributed by atoms with van der Waals surface area (Å²) < 4.78 is 24.2. The van der Waals surface area contributed by atoms with E-state index in [-0.39, 0.29) is 11.7 Å². The Bertz CT molecular complexity index is 805. The summed E-state index contributed by atoms with van der Waals surface area (Å²) in [5.74, 6) is 1.00. The maximum atomic E-state index is 13.1. The highest BCUT2D eigenvalue weighted by atomic mass is 19.1. The van der Waals surface area contributed by atoms with Crippen molar-refractivity contribution in [3.8, 4) is 11.5 Å². The van der Waals surface area contributed by atoms with Crippen molar-refractivity contribution in [1.29, 1.82) is 0 Å². The Kier molecular flexibility index (Phi) is 7.30. The number of ether oxygens (including phenoxy) is 2. The van der Waals surface area contributed by atoms with E-state index < -0.39 is 0 Å². The minimum Gasteiger partial charge on any atom is -0.494 e. The molecule has 1 aliphatic rings. The van der Waals surface area contributed by atoms with Crippen molar-refractivity contribution in [3.63, 3.8) is 0 Å². The first kappa shape index (κ1) is 20.9. The van der Waals surface area contributed by atoms with Gasteiger partial charge < -0.3 is 19.7 Å². The van der Waals surface area contributed by atoms with Crippen LogP contribution in [0, 0.1) is 5.82 Å². The average Bonchev–Trinajstić information content (AvgIpc) is 2.71. The zero-order valence-corrected chi connectivity index (χ0v) is 17.0. The van der Waals surface area contributed by atoms with E-state index in [1.165, 1.54) is 12.1 Å². The summed E-state index contributed by atoms with van der Waals surface area (Å²) in [4.78, 5) is 16.9. The van der Waals surface area contributed by atoms with Gasteiger partial charge >= 0.3 is 0 Å². The molecule has 1 heterocycles. The molecule has 1 aliphatic heterocycles. The van der Waals surface area contributed by atoms with E-state index in [1.807, 2.05) is 26.0 Å². The zero-order chi connectivity index (χ0) is 20.6. The molecule has 7 heteroatoms. The van der Waals surface area contributed by atoms with Crippen LogP contribution in [0.5, 0.6) is 11.5 Å². The molecule has 0 bridgehead atoms. The highest BCUT2D eigenvalue weighted by molar-refractivity contribution is 5.94. The molecule has 3 rings (SSSR count). The second kappa shape index (κ2) is 10.1. The fraction of sp³-hybridized carbons (Fsp3) is 0.409. The van der Waals surface area contributed by atoms with Gasteiger partial charge in [0.1, 0.15) is 17.3 Å². The van der Waals surface area contributed by atoms with Crippen LogP contribution >= 0.6 is 0 Å². The van der Waals surface area contributed by atoms with Gasteiger partial charge in [0.15, 0.2) is 0 Å². The third-order valence-electron chi connectivity index (χ3n) is 4.77. The number of carbonyl (C=O) groups excluding carboxylic acids is 1. The molecule has 29 heavy (non-hydrogen) atoms. The van der Waals surface area contributed by atoms with Gasteiger partial charge in [0, 0.05) is 37.9 Å². The number of anilines is 2. The van der Waals surface area contributed by atoms with Gasteiger partial charge in [0.25, 0.3) is 0 Å². The van der Waals surface area contributed by atoms with Crippen molar-refractivity contribution in [1.82, 2.24) is 4.90 Å². The van der Waals surface area contributed by atoms with Crippen LogP contribution in [0.3, 0.4) is 0 Å². The Morgan fingerprint density at radius 1 is 1.00 bits per heavy atom. The monoisotopic (exact) mass is 401 g/mol. The number of nitrogens with zero attached hydrogens (tertiary/aromatic N) is 2. The summed E-state index contributed by atoms with van der Waals surface area (Å²) in [6.07, 6.45) is 0. The highest BCUT2D eigenvalue weighted by Crippen LogP contribution is 2.29. The van der Waals surface area contributed by atoms with Gasteiger partial charge in [0.05, 0.1) is 25.4 Å². The van der Waals surface area contributed by atoms with E-state index in [2.05, 4.69) is 15.1 Å². The van der Waals surface area contributed by atoms with Gasteiger partial charge in [-0.2, -0.15) is 0 Å². The van der Waals surface area contributed by atoms with Gasteiger partial charge in [-0.3, -0.25) is 9.69 Å².